The number of carbonyl (C=O) groups excluding carboxylic acids is 1. The van der Waals surface area contributed by atoms with E-state index < -0.39 is 11.9 Å². The minimum atomic E-state index is -0.822. The number of nitrogens with zero attached hydrogens (tertiary/aromatic N) is 3. The maximum absolute atomic E-state index is 13.7. The van der Waals surface area contributed by atoms with Crippen LogP contribution in [0.1, 0.15) is 64.9 Å². The topological polar surface area (TPSA) is 82.5 Å². The molecule has 0 radical (unpaired) electrons. The molecule has 2 aliphatic heterocycles. The van der Waals surface area contributed by atoms with Gasteiger partial charge in [0, 0.05) is 31.6 Å². The summed E-state index contributed by atoms with van der Waals surface area (Å²) >= 11 is 0. The van der Waals surface area contributed by atoms with Crippen LogP contribution in [0.4, 0.5) is 0 Å². The molecule has 1 saturated heterocycles. The molecule has 3 rings (SSSR count). The number of allylic oxidation sites excluding steroid dienone is 2. The van der Waals surface area contributed by atoms with Gasteiger partial charge in [0.05, 0.1) is 12.5 Å². The molecule has 0 saturated carbocycles. The fourth-order valence-corrected chi connectivity index (χ4v) is 5.85. The minimum absolute atomic E-state index is 0.0847. The molecule has 212 valence electrons. The smallest absolute Gasteiger partial charge is 0.308 e. The van der Waals surface area contributed by atoms with Gasteiger partial charge in [0.25, 0.3) is 0 Å². The van der Waals surface area contributed by atoms with Gasteiger partial charge in [0.2, 0.25) is 12.7 Å². The predicted molar refractivity (Wildman–Crippen MR) is 150 cm³/mol. The van der Waals surface area contributed by atoms with Crippen LogP contribution in [0.15, 0.2) is 30.4 Å². The second-order valence-electron chi connectivity index (χ2n) is 11.7. The van der Waals surface area contributed by atoms with Crippen LogP contribution in [0.5, 0.6) is 11.5 Å². The molecule has 1 fully saturated rings. The number of likely N-dealkylation sites (tertiary alicyclic amines) is 1. The average molecular weight is 530 g/mol. The Balaban J connectivity index is 1.89. The molecule has 0 bridgehead atoms. The van der Waals surface area contributed by atoms with Gasteiger partial charge in [-0.05, 0) is 69.9 Å². The fraction of sp³-hybridized carbons (Fsp3) is 0.667. The summed E-state index contributed by atoms with van der Waals surface area (Å²) in [5.41, 5.74) is 0.713. The molecule has 8 nitrogen and oxygen atoms in total. The second kappa shape index (κ2) is 13.5. The molecule has 0 unspecified atom stereocenters. The molecule has 2 aliphatic rings. The lowest BCUT2D eigenvalue weighted by Gasteiger charge is -2.34. The van der Waals surface area contributed by atoms with E-state index in [1.165, 1.54) is 0 Å². The summed E-state index contributed by atoms with van der Waals surface area (Å²) in [6.45, 7) is 11.7. The van der Waals surface area contributed by atoms with Crippen molar-refractivity contribution in [3.63, 3.8) is 0 Å². The number of hydrogen-bond acceptors (Lipinski definition) is 6. The van der Waals surface area contributed by atoms with Crippen LogP contribution in [0.3, 0.4) is 0 Å². The first kappa shape index (κ1) is 30.0. The maximum atomic E-state index is 13.7. The zero-order valence-corrected chi connectivity index (χ0v) is 24.1. The number of benzene rings is 1. The lowest BCUT2D eigenvalue weighted by atomic mass is 9.77. The van der Waals surface area contributed by atoms with E-state index in [1.54, 1.807) is 0 Å². The summed E-state index contributed by atoms with van der Waals surface area (Å²) in [5, 5.41) is 10.5. The van der Waals surface area contributed by atoms with Gasteiger partial charge < -0.3 is 24.4 Å². The van der Waals surface area contributed by atoms with Gasteiger partial charge >= 0.3 is 5.97 Å². The molecule has 8 heteroatoms. The number of hydrogen-bond donors (Lipinski definition) is 1. The van der Waals surface area contributed by atoms with E-state index in [-0.39, 0.29) is 36.6 Å². The highest BCUT2D eigenvalue weighted by molar-refractivity contribution is 5.79. The molecule has 0 aromatic heterocycles. The third kappa shape index (κ3) is 7.73. The molecular formula is C30H47N3O5. The van der Waals surface area contributed by atoms with Crippen molar-refractivity contribution >= 4 is 11.9 Å². The van der Waals surface area contributed by atoms with Crippen LogP contribution in [0, 0.1) is 11.3 Å². The van der Waals surface area contributed by atoms with E-state index in [1.807, 2.05) is 50.2 Å². The third-order valence-electron chi connectivity index (χ3n) is 7.72. The van der Waals surface area contributed by atoms with Crippen molar-refractivity contribution in [3.05, 3.63) is 35.9 Å². The van der Waals surface area contributed by atoms with E-state index >= 15 is 0 Å². The SMILES string of the molecule is C/C=C/C(C)(C)C[C@H]1[C@H](C(=O)O)[C@@H](c2ccc3c(c2)OCO3)CN1CC(=O)N(CCCC)CCCN(C)C. The second-order valence-corrected chi connectivity index (χ2v) is 11.7. The van der Waals surface area contributed by atoms with Crippen LogP contribution in [0.25, 0.3) is 0 Å². The van der Waals surface area contributed by atoms with Gasteiger partial charge in [-0.15, -0.1) is 0 Å². The molecule has 3 atom stereocenters. The predicted octanol–water partition coefficient (Wildman–Crippen LogP) is 4.46. The van der Waals surface area contributed by atoms with Crippen molar-refractivity contribution in [1.82, 2.24) is 14.7 Å². The summed E-state index contributed by atoms with van der Waals surface area (Å²) in [4.78, 5) is 32.7. The largest absolute Gasteiger partial charge is 0.481 e. The Labute approximate surface area is 228 Å². The maximum Gasteiger partial charge on any atom is 0.308 e. The van der Waals surface area contributed by atoms with Gasteiger partial charge in [-0.3, -0.25) is 14.5 Å². The fourth-order valence-electron chi connectivity index (χ4n) is 5.85. The molecule has 2 heterocycles. The van der Waals surface area contributed by atoms with E-state index in [9.17, 15) is 14.7 Å². The lowest BCUT2D eigenvalue weighted by molar-refractivity contribution is -0.144. The van der Waals surface area contributed by atoms with Crippen molar-refractivity contribution in [2.45, 2.75) is 65.3 Å². The Morgan fingerprint density at radius 1 is 1.13 bits per heavy atom. The van der Waals surface area contributed by atoms with E-state index in [0.717, 1.165) is 37.9 Å². The van der Waals surface area contributed by atoms with E-state index in [0.29, 0.717) is 31.0 Å². The Bertz CT molecular complexity index is 977. The highest BCUT2D eigenvalue weighted by Crippen LogP contribution is 2.45. The van der Waals surface area contributed by atoms with E-state index in [4.69, 9.17) is 9.47 Å². The normalized spacial score (nSPS) is 21.5. The highest BCUT2D eigenvalue weighted by atomic mass is 16.7. The molecule has 0 spiro atoms. The third-order valence-corrected chi connectivity index (χ3v) is 7.72. The number of aliphatic carboxylic acids is 1. The van der Waals surface area contributed by atoms with Gasteiger partial charge in [0.1, 0.15) is 0 Å². The number of carbonyl (C=O) groups is 2. The van der Waals surface area contributed by atoms with Crippen molar-refractivity contribution in [2.75, 3.05) is 53.6 Å². The average Bonchev–Trinajstić information content (AvgIpc) is 3.44. The number of unbranched alkanes of at least 4 members (excludes halogenated alkanes) is 1. The number of carboxylic acid groups (broad SMARTS) is 1. The number of ether oxygens (including phenoxy) is 2. The number of amides is 1. The van der Waals surface area contributed by atoms with Crippen molar-refractivity contribution < 1.29 is 24.2 Å². The molecule has 1 aromatic carbocycles. The summed E-state index contributed by atoms with van der Waals surface area (Å²) in [6.07, 6.45) is 7.70. The van der Waals surface area contributed by atoms with Gasteiger partial charge in [-0.1, -0.05) is 45.4 Å². The first-order valence-corrected chi connectivity index (χ1v) is 14.0. The molecule has 1 N–H and O–H groups in total. The quantitative estimate of drug-likeness (QED) is 0.357. The number of fused-ring (bicyclic) bond motifs is 1. The van der Waals surface area contributed by atoms with E-state index in [2.05, 4.69) is 36.6 Å². The number of rotatable bonds is 14. The Morgan fingerprint density at radius 2 is 1.84 bits per heavy atom. The number of carboxylic acids is 1. The van der Waals surface area contributed by atoms with Gasteiger partial charge in [-0.25, -0.2) is 0 Å². The van der Waals surface area contributed by atoms with Crippen LogP contribution in [-0.4, -0.2) is 91.3 Å². The van der Waals surface area contributed by atoms with Crippen molar-refractivity contribution in [2.24, 2.45) is 11.3 Å². The summed E-state index contributed by atoms with van der Waals surface area (Å²) in [7, 11) is 4.09. The van der Waals surface area contributed by atoms with Gasteiger partial charge in [0.15, 0.2) is 11.5 Å². The van der Waals surface area contributed by atoms with Gasteiger partial charge in [-0.2, -0.15) is 0 Å². The van der Waals surface area contributed by atoms with Crippen LogP contribution in [0.2, 0.25) is 0 Å². The van der Waals surface area contributed by atoms with Crippen molar-refractivity contribution in [3.8, 4) is 11.5 Å². The van der Waals surface area contributed by atoms with Crippen LogP contribution < -0.4 is 9.47 Å². The standard InChI is InChI=1S/C30H47N3O5/c1-7-9-15-32(16-10-14-31(5)6)27(34)20-33-19-23(22-11-12-25-26(17-22)38-21-37-25)28(29(35)36)24(33)18-30(3,4)13-8-2/h8,11-13,17,23-24,28H,7,9-10,14-16,18-21H2,1-6H3,(H,35,36)/b13-8+/t23-,24+,28-/m1/s1. The first-order valence-electron chi connectivity index (χ1n) is 14.0. The minimum Gasteiger partial charge on any atom is -0.481 e. The molecule has 38 heavy (non-hydrogen) atoms. The Hall–Kier alpha value is -2.58. The monoisotopic (exact) mass is 529 g/mol. The summed E-state index contributed by atoms with van der Waals surface area (Å²) in [5.74, 6) is -0.289. The molecule has 1 aromatic rings. The van der Waals surface area contributed by atoms with Crippen molar-refractivity contribution in [1.29, 1.82) is 0 Å². The summed E-state index contributed by atoms with van der Waals surface area (Å²) < 4.78 is 11.1. The van der Waals surface area contributed by atoms with Crippen LogP contribution in [-0.2, 0) is 9.59 Å². The zero-order valence-electron chi connectivity index (χ0n) is 24.1. The summed E-state index contributed by atoms with van der Waals surface area (Å²) in [6, 6.07) is 5.45. The molecule has 0 aliphatic carbocycles. The Kier molecular flexibility index (Phi) is 10.6. The first-order chi connectivity index (χ1) is 18.1. The van der Waals surface area contributed by atoms with Crippen LogP contribution >= 0.6 is 0 Å². The molecule has 1 amide bonds. The Morgan fingerprint density at radius 3 is 2.50 bits per heavy atom. The highest BCUT2D eigenvalue weighted by Gasteiger charge is 2.48. The zero-order chi connectivity index (χ0) is 27.9. The lowest BCUT2D eigenvalue weighted by Crippen LogP contribution is -2.46. The molecular weight excluding hydrogens is 482 g/mol.